The van der Waals surface area contributed by atoms with Crippen molar-refractivity contribution in [2.45, 2.75) is 63.8 Å². The third kappa shape index (κ3) is 4.87. The highest BCUT2D eigenvalue weighted by Gasteiger charge is 2.46. The Hall–Kier alpha value is -3.15. The molecule has 9 heteroatoms. The second-order valence-corrected chi connectivity index (χ2v) is 8.47. The first-order valence-electron chi connectivity index (χ1n) is 10.0. The van der Waals surface area contributed by atoms with Crippen LogP contribution in [-0.2, 0) is 14.3 Å². The number of likely N-dealkylation sites (tertiary alicyclic amines) is 2. The summed E-state index contributed by atoms with van der Waals surface area (Å²) in [5.74, 6) is -0.858. The second kappa shape index (κ2) is 8.69. The molecule has 2 aliphatic rings. The van der Waals surface area contributed by atoms with Crippen molar-refractivity contribution in [2.75, 3.05) is 13.1 Å². The highest BCUT2D eigenvalue weighted by atomic mass is 16.6. The molecule has 1 aromatic rings. The standard InChI is InChI=1S/C21H26N4O5/c1-21(2,3)30-20(28)25-13-16(29-19(27)14-6-8-23-9-7-14)11-17(25)18(26)24-10-4-5-15(24)12-22/h6-9,15-17H,4-5,10-11,13H2,1-3H3/t15-,16-,17-/m0/s1. The maximum atomic E-state index is 13.2. The molecule has 160 valence electrons. The number of ether oxygens (including phenoxy) is 2. The van der Waals surface area contributed by atoms with Gasteiger partial charge in [0.2, 0.25) is 5.91 Å². The number of carbonyl (C=O) groups is 3. The van der Waals surface area contributed by atoms with E-state index in [-0.39, 0.29) is 18.9 Å². The quantitative estimate of drug-likeness (QED) is 0.696. The summed E-state index contributed by atoms with van der Waals surface area (Å²) in [4.78, 5) is 45.0. The molecule has 0 spiro atoms. The third-order valence-electron chi connectivity index (χ3n) is 5.05. The van der Waals surface area contributed by atoms with E-state index >= 15 is 0 Å². The van der Waals surface area contributed by atoms with E-state index in [0.29, 0.717) is 18.5 Å². The van der Waals surface area contributed by atoms with Gasteiger partial charge in [0.1, 0.15) is 23.8 Å². The Morgan fingerprint density at radius 2 is 1.90 bits per heavy atom. The summed E-state index contributed by atoms with van der Waals surface area (Å²) in [5, 5.41) is 9.33. The number of carbonyl (C=O) groups excluding carboxylic acids is 3. The Morgan fingerprint density at radius 3 is 2.53 bits per heavy atom. The van der Waals surface area contributed by atoms with Crippen LogP contribution in [0.4, 0.5) is 4.79 Å². The Labute approximate surface area is 175 Å². The normalized spacial score (nSPS) is 23.7. The van der Waals surface area contributed by atoms with Crippen molar-refractivity contribution >= 4 is 18.0 Å². The number of nitrogens with zero attached hydrogens (tertiary/aromatic N) is 4. The average molecular weight is 414 g/mol. The number of hydrogen-bond acceptors (Lipinski definition) is 7. The zero-order valence-electron chi connectivity index (χ0n) is 17.4. The maximum Gasteiger partial charge on any atom is 0.411 e. The summed E-state index contributed by atoms with van der Waals surface area (Å²) in [6.45, 7) is 5.74. The summed E-state index contributed by atoms with van der Waals surface area (Å²) in [5.41, 5.74) is -0.396. The van der Waals surface area contributed by atoms with Gasteiger partial charge in [-0.05, 0) is 45.7 Å². The van der Waals surface area contributed by atoms with Gasteiger partial charge >= 0.3 is 12.1 Å². The maximum absolute atomic E-state index is 13.2. The molecule has 3 rings (SSSR count). The molecule has 0 aromatic carbocycles. The van der Waals surface area contributed by atoms with Gasteiger partial charge in [0.25, 0.3) is 0 Å². The van der Waals surface area contributed by atoms with Crippen molar-refractivity contribution < 1.29 is 23.9 Å². The number of pyridine rings is 1. The summed E-state index contributed by atoms with van der Waals surface area (Å²) < 4.78 is 11.0. The molecule has 2 aliphatic heterocycles. The SMILES string of the molecule is CC(C)(C)OC(=O)N1C[C@@H](OC(=O)c2ccncc2)C[C@H]1C(=O)N1CCC[C@H]1C#N. The summed E-state index contributed by atoms with van der Waals surface area (Å²) >= 11 is 0. The van der Waals surface area contributed by atoms with Crippen molar-refractivity contribution in [1.29, 1.82) is 5.26 Å². The Balaban J connectivity index is 1.77. The summed E-state index contributed by atoms with van der Waals surface area (Å²) in [6, 6.07) is 3.87. The minimum absolute atomic E-state index is 0.0488. The third-order valence-corrected chi connectivity index (χ3v) is 5.05. The largest absolute Gasteiger partial charge is 0.457 e. The van der Waals surface area contributed by atoms with Crippen molar-refractivity contribution in [3.63, 3.8) is 0 Å². The topological polar surface area (TPSA) is 113 Å². The number of hydrogen-bond donors (Lipinski definition) is 0. The van der Waals surface area contributed by atoms with Gasteiger partial charge in [-0.1, -0.05) is 0 Å². The fraction of sp³-hybridized carbons (Fsp3) is 0.571. The Bertz CT molecular complexity index is 845. The lowest BCUT2D eigenvalue weighted by Crippen LogP contribution is -2.50. The molecule has 2 saturated heterocycles. The molecule has 3 atom stereocenters. The predicted octanol–water partition coefficient (Wildman–Crippen LogP) is 2.13. The predicted molar refractivity (Wildman–Crippen MR) is 105 cm³/mol. The number of aromatic nitrogens is 1. The minimum Gasteiger partial charge on any atom is -0.457 e. The average Bonchev–Trinajstić information content (AvgIpc) is 3.33. The first-order chi connectivity index (χ1) is 14.2. The van der Waals surface area contributed by atoms with E-state index in [0.717, 1.165) is 6.42 Å². The lowest BCUT2D eigenvalue weighted by Gasteiger charge is -2.30. The molecule has 3 heterocycles. The molecule has 0 saturated carbocycles. The fourth-order valence-corrected chi connectivity index (χ4v) is 3.70. The van der Waals surface area contributed by atoms with Gasteiger partial charge in [0.15, 0.2) is 0 Å². The molecule has 0 bridgehead atoms. The van der Waals surface area contributed by atoms with Crippen molar-refractivity contribution in [3.05, 3.63) is 30.1 Å². The first kappa shape index (κ1) is 21.6. The van der Waals surface area contributed by atoms with Crippen LogP contribution >= 0.6 is 0 Å². The number of amides is 2. The van der Waals surface area contributed by atoms with Crippen molar-refractivity contribution in [2.24, 2.45) is 0 Å². The van der Waals surface area contributed by atoms with E-state index < -0.39 is 35.9 Å². The van der Waals surface area contributed by atoms with E-state index in [4.69, 9.17) is 9.47 Å². The second-order valence-electron chi connectivity index (χ2n) is 8.47. The summed E-state index contributed by atoms with van der Waals surface area (Å²) in [6.07, 6.45) is 3.18. The van der Waals surface area contributed by atoms with Crippen LogP contribution in [-0.4, -0.2) is 69.6 Å². The lowest BCUT2D eigenvalue weighted by molar-refractivity contribution is -0.136. The van der Waals surface area contributed by atoms with E-state index in [1.165, 1.54) is 34.3 Å². The van der Waals surface area contributed by atoms with Gasteiger partial charge in [-0.15, -0.1) is 0 Å². The van der Waals surface area contributed by atoms with E-state index in [2.05, 4.69) is 11.1 Å². The van der Waals surface area contributed by atoms with Crippen LogP contribution < -0.4 is 0 Å². The van der Waals surface area contributed by atoms with Gasteiger partial charge in [-0.2, -0.15) is 5.26 Å². The van der Waals surface area contributed by atoms with Crippen LogP contribution in [0, 0.1) is 11.3 Å². The van der Waals surface area contributed by atoms with Crippen LogP contribution in [0.2, 0.25) is 0 Å². The first-order valence-corrected chi connectivity index (χ1v) is 10.0. The molecule has 0 unspecified atom stereocenters. The number of rotatable bonds is 3. The molecule has 0 N–H and O–H groups in total. The highest BCUT2D eigenvalue weighted by Crippen LogP contribution is 2.28. The lowest BCUT2D eigenvalue weighted by atomic mass is 10.1. The minimum atomic E-state index is -0.843. The molecule has 0 radical (unpaired) electrons. The molecule has 0 aliphatic carbocycles. The van der Waals surface area contributed by atoms with Gasteiger partial charge in [-0.25, -0.2) is 9.59 Å². The Kier molecular flexibility index (Phi) is 6.25. The molecule has 9 nitrogen and oxygen atoms in total. The number of nitriles is 1. The van der Waals surface area contributed by atoms with Crippen LogP contribution in [0.1, 0.15) is 50.4 Å². The highest BCUT2D eigenvalue weighted by molar-refractivity contribution is 5.90. The number of esters is 1. The molecular weight excluding hydrogens is 388 g/mol. The van der Waals surface area contributed by atoms with Gasteiger partial charge in [-0.3, -0.25) is 14.7 Å². The van der Waals surface area contributed by atoms with E-state index in [9.17, 15) is 19.6 Å². The van der Waals surface area contributed by atoms with Crippen molar-refractivity contribution in [3.8, 4) is 6.07 Å². The van der Waals surface area contributed by atoms with Gasteiger partial charge in [0.05, 0.1) is 18.2 Å². The molecule has 1 aromatic heterocycles. The summed E-state index contributed by atoms with van der Waals surface area (Å²) in [7, 11) is 0. The smallest absolute Gasteiger partial charge is 0.411 e. The Morgan fingerprint density at radius 1 is 1.20 bits per heavy atom. The van der Waals surface area contributed by atoms with E-state index in [1.807, 2.05) is 0 Å². The van der Waals surface area contributed by atoms with E-state index in [1.54, 1.807) is 20.8 Å². The van der Waals surface area contributed by atoms with Crippen molar-refractivity contribution in [1.82, 2.24) is 14.8 Å². The zero-order chi connectivity index (χ0) is 21.9. The van der Waals surface area contributed by atoms with Crippen LogP contribution in [0.3, 0.4) is 0 Å². The van der Waals surface area contributed by atoms with Crippen LogP contribution in [0.15, 0.2) is 24.5 Å². The zero-order valence-corrected chi connectivity index (χ0v) is 17.4. The van der Waals surface area contributed by atoms with Crippen LogP contribution in [0.25, 0.3) is 0 Å². The fourth-order valence-electron chi connectivity index (χ4n) is 3.70. The van der Waals surface area contributed by atoms with Gasteiger partial charge < -0.3 is 14.4 Å². The molecule has 2 amide bonds. The molecule has 2 fully saturated rings. The monoisotopic (exact) mass is 414 g/mol. The van der Waals surface area contributed by atoms with Gasteiger partial charge in [0, 0.05) is 25.4 Å². The molecule has 30 heavy (non-hydrogen) atoms. The van der Waals surface area contributed by atoms with Crippen LogP contribution in [0.5, 0.6) is 0 Å². The molecular formula is C21H26N4O5.